The van der Waals surface area contributed by atoms with Crippen LogP contribution in [-0.4, -0.2) is 30.2 Å². The lowest BCUT2D eigenvalue weighted by Gasteiger charge is -2.12. The minimum absolute atomic E-state index is 0.0414. The molecule has 0 radical (unpaired) electrons. The third-order valence-corrected chi connectivity index (χ3v) is 5.15. The minimum Gasteiger partial charge on any atom is -0.481 e. The van der Waals surface area contributed by atoms with Crippen molar-refractivity contribution in [2.45, 2.75) is 31.9 Å². The Labute approximate surface area is 112 Å². The highest BCUT2D eigenvalue weighted by molar-refractivity contribution is 7.90. The fourth-order valence-electron chi connectivity index (χ4n) is 2.34. The number of aliphatic carboxylic acids is 1. The van der Waals surface area contributed by atoms with Crippen molar-refractivity contribution in [2.24, 2.45) is 5.41 Å². The second-order valence-corrected chi connectivity index (χ2v) is 7.54. The maximum atomic E-state index is 12.1. The molecule has 1 fully saturated rings. The first-order valence-electron chi connectivity index (χ1n) is 6.13. The Hall–Kier alpha value is -1.43. The number of rotatable bonds is 6. The van der Waals surface area contributed by atoms with Crippen molar-refractivity contribution < 1.29 is 18.3 Å². The predicted octanol–water partition coefficient (Wildman–Crippen LogP) is 1.56. The van der Waals surface area contributed by atoms with Gasteiger partial charge in [0, 0.05) is 12.4 Å². The van der Waals surface area contributed by atoms with E-state index in [0.717, 1.165) is 5.56 Å². The summed E-state index contributed by atoms with van der Waals surface area (Å²) in [6.45, 7) is 1.86. The van der Waals surface area contributed by atoms with Gasteiger partial charge in [-0.05, 0) is 36.3 Å². The Morgan fingerprint density at radius 2 is 2.11 bits per heavy atom. The van der Waals surface area contributed by atoms with Gasteiger partial charge in [0.05, 0.1) is 17.9 Å². The number of aromatic nitrogens is 1. The van der Waals surface area contributed by atoms with Gasteiger partial charge in [0.1, 0.15) is 0 Å². The van der Waals surface area contributed by atoms with Crippen molar-refractivity contribution in [2.75, 3.05) is 5.75 Å². The molecule has 0 aromatic carbocycles. The number of carbonyl (C=O) groups is 1. The molecule has 1 N–H and O–H groups in total. The smallest absolute Gasteiger partial charge is 0.303 e. The average molecular weight is 283 g/mol. The van der Waals surface area contributed by atoms with Crippen LogP contribution < -0.4 is 0 Å². The van der Waals surface area contributed by atoms with E-state index in [0.29, 0.717) is 18.4 Å². The summed E-state index contributed by atoms with van der Waals surface area (Å²) in [5.41, 5.74) is 1.05. The van der Waals surface area contributed by atoms with Crippen LogP contribution in [-0.2, 0) is 20.4 Å². The molecule has 1 aliphatic rings. The zero-order valence-corrected chi connectivity index (χ0v) is 11.6. The van der Waals surface area contributed by atoms with Gasteiger partial charge < -0.3 is 5.11 Å². The van der Waals surface area contributed by atoms with E-state index in [9.17, 15) is 13.2 Å². The fraction of sp³-hybridized carbons (Fsp3) is 0.538. The standard InChI is InChI=1S/C13H17NO4S/c1-10-4-11(7-14-6-10)8-19(17,18)9-13(2-3-13)5-12(15)16/h4,6-7H,2-3,5,8-9H2,1H3,(H,15,16). The molecule has 1 aliphatic carbocycles. The molecular formula is C13H17NO4S. The highest BCUT2D eigenvalue weighted by Crippen LogP contribution is 2.50. The Morgan fingerprint density at radius 3 is 2.63 bits per heavy atom. The van der Waals surface area contributed by atoms with E-state index in [4.69, 9.17) is 5.11 Å². The van der Waals surface area contributed by atoms with Crippen molar-refractivity contribution in [3.63, 3.8) is 0 Å². The molecule has 2 rings (SSSR count). The first-order valence-corrected chi connectivity index (χ1v) is 7.95. The van der Waals surface area contributed by atoms with E-state index >= 15 is 0 Å². The Kier molecular flexibility index (Phi) is 3.62. The summed E-state index contributed by atoms with van der Waals surface area (Å²) in [6, 6.07) is 1.79. The number of aryl methyl sites for hydroxylation is 1. The molecule has 104 valence electrons. The molecule has 1 aromatic rings. The van der Waals surface area contributed by atoms with E-state index in [1.165, 1.54) is 0 Å². The van der Waals surface area contributed by atoms with Gasteiger partial charge >= 0.3 is 5.97 Å². The van der Waals surface area contributed by atoms with Gasteiger partial charge in [-0.1, -0.05) is 6.07 Å². The molecule has 0 bridgehead atoms. The first-order chi connectivity index (χ1) is 8.80. The van der Waals surface area contributed by atoms with Crippen molar-refractivity contribution in [3.05, 3.63) is 29.6 Å². The lowest BCUT2D eigenvalue weighted by Crippen LogP contribution is -2.21. The third-order valence-electron chi connectivity index (χ3n) is 3.33. The van der Waals surface area contributed by atoms with Crippen LogP contribution in [0.2, 0.25) is 0 Å². The maximum Gasteiger partial charge on any atom is 0.303 e. The minimum atomic E-state index is -3.30. The highest BCUT2D eigenvalue weighted by Gasteiger charge is 2.47. The summed E-state index contributed by atoms with van der Waals surface area (Å²) < 4.78 is 24.3. The van der Waals surface area contributed by atoms with Crippen molar-refractivity contribution >= 4 is 15.8 Å². The molecule has 0 atom stereocenters. The number of sulfone groups is 1. The molecule has 1 saturated carbocycles. The maximum absolute atomic E-state index is 12.1. The fourth-order valence-corrected chi connectivity index (χ4v) is 4.43. The number of carboxylic acids is 1. The number of pyridine rings is 1. The average Bonchev–Trinajstić information content (AvgIpc) is 2.93. The van der Waals surface area contributed by atoms with E-state index in [1.54, 1.807) is 18.5 Å². The van der Waals surface area contributed by atoms with Crippen LogP contribution in [0.3, 0.4) is 0 Å². The first kappa shape index (κ1) is 14.0. The summed E-state index contributed by atoms with van der Waals surface area (Å²) >= 11 is 0. The monoisotopic (exact) mass is 283 g/mol. The summed E-state index contributed by atoms with van der Waals surface area (Å²) in [5.74, 6) is -1.03. The Balaban J connectivity index is 2.05. The van der Waals surface area contributed by atoms with Gasteiger partial charge in [0.2, 0.25) is 0 Å². The normalized spacial score (nSPS) is 17.1. The molecule has 5 nitrogen and oxygen atoms in total. The second kappa shape index (κ2) is 4.92. The largest absolute Gasteiger partial charge is 0.481 e. The topological polar surface area (TPSA) is 84.3 Å². The van der Waals surface area contributed by atoms with E-state index < -0.39 is 21.2 Å². The molecule has 1 heterocycles. The van der Waals surface area contributed by atoms with Crippen LogP contribution in [0.1, 0.15) is 30.4 Å². The van der Waals surface area contributed by atoms with E-state index in [2.05, 4.69) is 4.98 Å². The van der Waals surface area contributed by atoms with Crippen LogP contribution in [0.4, 0.5) is 0 Å². The number of nitrogens with zero attached hydrogens (tertiary/aromatic N) is 1. The molecule has 0 aliphatic heterocycles. The zero-order chi connectivity index (χ0) is 14.1. The molecule has 0 unspecified atom stereocenters. The number of hydrogen-bond donors (Lipinski definition) is 1. The van der Waals surface area contributed by atoms with E-state index in [-0.39, 0.29) is 17.9 Å². The highest BCUT2D eigenvalue weighted by atomic mass is 32.2. The zero-order valence-electron chi connectivity index (χ0n) is 10.8. The van der Waals surface area contributed by atoms with Gasteiger partial charge in [-0.25, -0.2) is 8.42 Å². The molecule has 1 aromatic heterocycles. The Bertz CT molecular complexity index is 590. The van der Waals surface area contributed by atoms with Crippen LogP contribution in [0.5, 0.6) is 0 Å². The van der Waals surface area contributed by atoms with Gasteiger partial charge in [-0.15, -0.1) is 0 Å². The Morgan fingerprint density at radius 1 is 1.42 bits per heavy atom. The van der Waals surface area contributed by atoms with Crippen molar-refractivity contribution in [3.8, 4) is 0 Å². The lowest BCUT2D eigenvalue weighted by atomic mass is 10.1. The summed E-state index contributed by atoms with van der Waals surface area (Å²) in [7, 11) is -3.30. The lowest BCUT2D eigenvalue weighted by molar-refractivity contribution is -0.138. The SMILES string of the molecule is Cc1cncc(CS(=O)(=O)CC2(CC(=O)O)CC2)c1. The molecule has 0 spiro atoms. The van der Waals surface area contributed by atoms with Crippen molar-refractivity contribution in [1.29, 1.82) is 0 Å². The molecule has 19 heavy (non-hydrogen) atoms. The van der Waals surface area contributed by atoms with Crippen LogP contribution in [0.15, 0.2) is 18.5 Å². The van der Waals surface area contributed by atoms with Gasteiger partial charge in [-0.3, -0.25) is 9.78 Å². The second-order valence-electron chi connectivity index (χ2n) is 5.47. The van der Waals surface area contributed by atoms with E-state index in [1.807, 2.05) is 6.92 Å². The molecule has 0 amide bonds. The third kappa shape index (κ3) is 4.02. The summed E-state index contributed by atoms with van der Waals surface area (Å²) in [5, 5.41) is 8.81. The van der Waals surface area contributed by atoms with Gasteiger partial charge in [-0.2, -0.15) is 0 Å². The van der Waals surface area contributed by atoms with Crippen LogP contribution in [0, 0.1) is 12.3 Å². The quantitative estimate of drug-likeness (QED) is 0.856. The molecular weight excluding hydrogens is 266 g/mol. The molecule has 6 heteroatoms. The summed E-state index contributed by atoms with van der Waals surface area (Å²) in [4.78, 5) is 14.7. The van der Waals surface area contributed by atoms with Gasteiger partial charge in [0.25, 0.3) is 0 Å². The van der Waals surface area contributed by atoms with Crippen LogP contribution in [0.25, 0.3) is 0 Å². The number of carboxylic acid groups (broad SMARTS) is 1. The van der Waals surface area contributed by atoms with Gasteiger partial charge in [0.15, 0.2) is 9.84 Å². The van der Waals surface area contributed by atoms with Crippen LogP contribution >= 0.6 is 0 Å². The predicted molar refractivity (Wildman–Crippen MR) is 70.4 cm³/mol. The number of hydrogen-bond acceptors (Lipinski definition) is 4. The summed E-state index contributed by atoms with van der Waals surface area (Å²) in [6.07, 6.45) is 4.53. The van der Waals surface area contributed by atoms with Crippen molar-refractivity contribution in [1.82, 2.24) is 4.98 Å². The molecule has 0 saturated heterocycles.